The van der Waals surface area contributed by atoms with E-state index in [2.05, 4.69) is 53.4 Å². The smallest absolute Gasteiger partial charge is 0.151 e. The number of nitrogens with zero attached hydrogens (tertiary/aromatic N) is 2. The lowest BCUT2D eigenvalue weighted by atomic mass is 9.98. The van der Waals surface area contributed by atoms with Crippen LogP contribution in [0.1, 0.15) is 24.0 Å². The Hall–Kier alpha value is -1.65. The van der Waals surface area contributed by atoms with Gasteiger partial charge in [0.25, 0.3) is 0 Å². The van der Waals surface area contributed by atoms with Crippen molar-refractivity contribution in [2.45, 2.75) is 33.2 Å². The molecule has 0 saturated carbocycles. The molecule has 0 radical (unpaired) electrons. The van der Waals surface area contributed by atoms with E-state index in [1.54, 1.807) is 11.3 Å². The number of imidazole rings is 1. The molecule has 3 heterocycles. The minimum Gasteiger partial charge on any atom is -0.323 e. The van der Waals surface area contributed by atoms with Crippen molar-refractivity contribution in [3.63, 3.8) is 0 Å². The van der Waals surface area contributed by atoms with Gasteiger partial charge < -0.3 is 9.88 Å². The van der Waals surface area contributed by atoms with E-state index in [9.17, 15) is 0 Å². The van der Waals surface area contributed by atoms with E-state index >= 15 is 0 Å². The molecule has 120 valence electrons. The molecule has 0 unspecified atom stereocenters. The van der Waals surface area contributed by atoms with E-state index in [-0.39, 0.29) is 0 Å². The molecule has 0 spiro atoms. The second-order valence-electron chi connectivity index (χ2n) is 6.64. The standard InChI is InChI=1S/C19H23N3S/c1-13-10-16-17(11-14(13)2)22(12-15-5-7-20-8-6-15)19(21-16)18-4-3-9-23-18/h3-4,9-11,15,20H,5-8,12H2,1-2H3. The Balaban J connectivity index is 1.83. The fraction of sp³-hybridized carbons (Fsp3) is 0.421. The highest BCUT2D eigenvalue weighted by atomic mass is 32.1. The predicted octanol–water partition coefficient (Wildman–Crippen LogP) is 4.38. The van der Waals surface area contributed by atoms with Gasteiger partial charge in [-0.15, -0.1) is 11.3 Å². The second kappa shape index (κ2) is 6.10. The summed E-state index contributed by atoms with van der Waals surface area (Å²) in [4.78, 5) is 6.25. The summed E-state index contributed by atoms with van der Waals surface area (Å²) in [5.41, 5.74) is 5.09. The van der Waals surface area contributed by atoms with Crippen LogP contribution in [0.2, 0.25) is 0 Å². The van der Waals surface area contributed by atoms with Crippen LogP contribution in [0, 0.1) is 19.8 Å². The van der Waals surface area contributed by atoms with Crippen molar-refractivity contribution in [1.29, 1.82) is 0 Å². The molecule has 1 aromatic carbocycles. The molecular weight excluding hydrogens is 302 g/mol. The predicted molar refractivity (Wildman–Crippen MR) is 98.1 cm³/mol. The number of thiophene rings is 1. The van der Waals surface area contributed by atoms with Gasteiger partial charge in [0.1, 0.15) is 0 Å². The third kappa shape index (κ3) is 2.81. The fourth-order valence-corrected chi connectivity index (χ4v) is 4.20. The van der Waals surface area contributed by atoms with Gasteiger partial charge in [0.05, 0.1) is 15.9 Å². The first-order chi connectivity index (χ1) is 11.2. The first-order valence-corrected chi connectivity index (χ1v) is 9.32. The van der Waals surface area contributed by atoms with Crippen LogP contribution in [-0.4, -0.2) is 22.6 Å². The average Bonchev–Trinajstić information content (AvgIpc) is 3.18. The Kier molecular flexibility index (Phi) is 3.95. The average molecular weight is 325 g/mol. The van der Waals surface area contributed by atoms with Crippen molar-refractivity contribution in [1.82, 2.24) is 14.9 Å². The highest BCUT2D eigenvalue weighted by Crippen LogP contribution is 2.31. The van der Waals surface area contributed by atoms with Gasteiger partial charge in [0, 0.05) is 6.54 Å². The summed E-state index contributed by atoms with van der Waals surface area (Å²) in [6.45, 7) is 7.73. The zero-order valence-electron chi connectivity index (χ0n) is 13.8. The third-order valence-electron chi connectivity index (χ3n) is 5.00. The van der Waals surface area contributed by atoms with Crippen molar-refractivity contribution in [3.8, 4) is 10.7 Å². The lowest BCUT2D eigenvalue weighted by molar-refractivity contribution is 0.337. The van der Waals surface area contributed by atoms with Gasteiger partial charge in [-0.2, -0.15) is 0 Å². The van der Waals surface area contributed by atoms with Crippen LogP contribution in [0.5, 0.6) is 0 Å². The minimum atomic E-state index is 0.744. The number of nitrogens with one attached hydrogen (secondary N) is 1. The number of rotatable bonds is 3. The number of hydrogen-bond acceptors (Lipinski definition) is 3. The molecule has 0 amide bonds. The van der Waals surface area contributed by atoms with E-state index in [0.717, 1.165) is 36.9 Å². The van der Waals surface area contributed by atoms with Crippen molar-refractivity contribution in [2.24, 2.45) is 5.92 Å². The molecule has 1 aliphatic rings. The molecule has 2 aromatic heterocycles. The maximum absolute atomic E-state index is 4.98. The highest BCUT2D eigenvalue weighted by molar-refractivity contribution is 7.13. The number of hydrogen-bond donors (Lipinski definition) is 1. The molecule has 4 heteroatoms. The van der Waals surface area contributed by atoms with E-state index < -0.39 is 0 Å². The summed E-state index contributed by atoms with van der Waals surface area (Å²) in [6.07, 6.45) is 2.52. The van der Waals surface area contributed by atoms with Crippen LogP contribution in [0.25, 0.3) is 21.7 Å². The van der Waals surface area contributed by atoms with E-state index in [4.69, 9.17) is 4.98 Å². The quantitative estimate of drug-likeness (QED) is 0.774. The number of aromatic nitrogens is 2. The first kappa shape index (κ1) is 14.9. The third-order valence-corrected chi connectivity index (χ3v) is 5.87. The maximum Gasteiger partial charge on any atom is 0.151 e. The first-order valence-electron chi connectivity index (χ1n) is 8.44. The summed E-state index contributed by atoms with van der Waals surface area (Å²) in [7, 11) is 0. The van der Waals surface area contributed by atoms with Crippen molar-refractivity contribution < 1.29 is 0 Å². The number of fused-ring (bicyclic) bond motifs is 1. The molecule has 1 aliphatic heterocycles. The minimum absolute atomic E-state index is 0.744. The molecular formula is C19H23N3S. The monoisotopic (exact) mass is 325 g/mol. The van der Waals surface area contributed by atoms with E-state index in [1.165, 1.54) is 34.4 Å². The molecule has 23 heavy (non-hydrogen) atoms. The number of benzene rings is 1. The zero-order valence-corrected chi connectivity index (χ0v) is 14.6. The summed E-state index contributed by atoms with van der Waals surface area (Å²) in [6, 6.07) is 8.85. The summed E-state index contributed by atoms with van der Waals surface area (Å²) >= 11 is 1.78. The van der Waals surface area contributed by atoms with E-state index in [0.29, 0.717) is 0 Å². The fourth-order valence-electron chi connectivity index (χ4n) is 3.48. The molecule has 3 aromatic rings. The molecule has 4 rings (SSSR count). The van der Waals surface area contributed by atoms with Crippen LogP contribution < -0.4 is 5.32 Å². The second-order valence-corrected chi connectivity index (χ2v) is 7.59. The Morgan fingerprint density at radius 3 is 2.74 bits per heavy atom. The van der Waals surface area contributed by atoms with Crippen LogP contribution in [0.15, 0.2) is 29.6 Å². The van der Waals surface area contributed by atoms with Gasteiger partial charge in [-0.1, -0.05) is 6.07 Å². The SMILES string of the molecule is Cc1cc2nc(-c3cccs3)n(CC3CCNCC3)c2cc1C. The molecule has 0 bridgehead atoms. The molecule has 0 aliphatic carbocycles. The number of piperidine rings is 1. The lowest BCUT2D eigenvalue weighted by Crippen LogP contribution is -2.30. The van der Waals surface area contributed by atoms with Gasteiger partial charge in [0.2, 0.25) is 0 Å². The van der Waals surface area contributed by atoms with Gasteiger partial charge in [-0.25, -0.2) is 4.98 Å². The highest BCUT2D eigenvalue weighted by Gasteiger charge is 2.19. The maximum atomic E-state index is 4.98. The topological polar surface area (TPSA) is 29.9 Å². The molecule has 0 atom stereocenters. The van der Waals surface area contributed by atoms with Gasteiger partial charge in [-0.3, -0.25) is 0 Å². The Bertz CT molecular complexity index is 811. The van der Waals surface area contributed by atoms with Crippen molar-refractivity contribution in [2.75, 3.05) is 13.1 Å². The van der Waals surface area contributed by atoms with Crippen LogP contribution >= 0.6 is 11.3 Å². The molecule has 3 nitrogen and oxygen atoms in total. The van der Waals surface area contributed by atoms with Crippen molar-refractivity contribution in [3.05, 3.63) is 40.8 Å². The zero-order chi connectivity index (χ0) is 15.8. The molecule has 1 saturated heterocycles. The van der Waals surface area contributed by atoms with Gasteiger partial charge in [0.15, 0.2) is 5.82 Å². The Labute approximate surface area is 141 Å². The van der Waals surface area contributed by atoms with Gasteiger partial charge >= 0.3 is 0 Å². The Morgan fingerprint density at radius 2 is 2.00 bits per heavy atom. The summed E-state index contributed by atoms with van der Waals surface area (Å²) in [5, 5.41) is 5.61. The van der Waals surface area contributed by atoms with Crippen LogP contribution in [0.4, 0.5) is 0 Å². The van der Waals surface area contributed by atoms with Gasteiger partial charge in [-0.05, 0) is 80.4 Å². The number of aryl methyl sites for hydroxylation is 2. The molecule has 1 fully saturated rings. The largest absolute Gasteiger partial charge is 0.323 e. The lowest BCUT2D eigenvalue weighted by Gasteiger charge is -2.24. The van der Waals surface area contributed by atoms with Crippen LogP contribution in [-0.2, 0) is 6.54 Å². The summed E-state index contributed by atoms with van der Waals surface area (Å²) in [5.74, 6) is 1.88. The van der Waals surface area contributed by atoms with E-state index in [1.807, 2.05) is 0 Å². The summed E-state index contributed by atoms with van der Waals surface area (Å²) < 4.78 is 2.46. The normalized spacial score (nSPS) is 16.3. The Morgan fingerprint density at radius 1 is 1.22 bits per heavy atom. The van der Waals surface area contributed by atoms with Crippen molar-refractivity contribution >= 4 is 22.4 Å². The molecule has 1 N–H and O–H groups in total. The van der Waals surface area contributed by atoms with Crippen LogP contribution in [0.3, 0.4) is 0 Å².